The number of benzene rings is 1. The van der Waals surface area contributed by atoms with Crippen LogP contribution in [0.15, 0.2) is 42.9 Å². The first kappa shape index (κ1) is 21.3. The molecule has 0 amide bonds. The van der Waals surface area contributed by atoms with Gasteiger partial charge in [-0.3, -0.25) is 10.3 Å². The van der Waals surface area contributed by atoms with Crippen molar-refractivity contribution in [3.63, 3.8) is 0 Å². The van der Waals surface area contributed by atoms with E-state index in [2.05, 4.69) is 63.5 Å². The van der Waals surface area contributed by atoms with E-state index in [9.17, 15) is 0 Å². The van der Waals surface area contributed by atoms with Crippen LogP contribution in [0.2, 0.25) is 0 Å². The normalized spacial score (nSPS) is 11.7. The molecule has 0 fully saturated rings. The van der Waals surface area contributed by atoms with Crippen molar-refractivity contribution in [1.82, 2.24) is 25.3 Å². The molecule has 0 spiro atoms. The smallest absolute Gasteiger partial charge is 0.184 e. The van der Waals surface area contributed by atoms with Crippen LogP contribution in [0.4, 0.5) is 5.13 Å². The lowest BCUT2D eigenvalue weighted by atomic mass is 9.96. The number of hydrogen-bond donors (Lipinski definition) is 3. The first-order valence-corrected chi connectivity index (χ1v) is 11.1. The predicted octanol–water partition coefficient (Wildman–Crippen LogP) is 4.59. The SMILES string of the molecule is COc1cncc(-c2ccc3nc(NCNCCc4cnc(C(C)(C)C)[nH]4)sc3c2)c1. The monoisotopic (exact) mass is 436 g/mol. The maximum absolute atomic E-state index is 5.28. The van der Waals surface area contributed by atoms with Gasteiger partial charge in [-0.25, -0.2) is 9.97 Å². The largest absolute Gasteiger partial charge is 0.495 e. The zero-order chi connectivity index (χ0) is 21.8. The van der Waals surface area contributed by atoms with E-state index in [4.69, 9.17) is 4.74 Å². The highest BCUT2D eigenvalue weighted by Crippen LogP contribution is 2.31. The highest BCUT2D eigenvalue weighted by atomic mass is 32.1. The number of anilines is 1. The summed E-state index contributed by atoms with van der Waals surface area (Å²) >= 11 is 1.65. The molecule has 0 saturated carbocycles. The van der Waals surface area contributed by atoms with Gasteiger partial charge in [-0.1, -0.05) is 38.2 Å². The number of nitrogens with one attached hydrogen (secondary N) is 3. The zero-order valence-corrected chi connectivity index (χ0v) is 19.1. The standard InChI is InChI=1S/C23H28N6OS/c1-23(2,3)21-26-12-17(28-21)7-8-24-14-27-22-29-19-6-5-15(10-20(19)31-22)16-9-18(30-4)13-25-11-16/h5-6,9-13,24H,7-8,14H2,1-4H3,(H,26,28)(H,27,29). The molecule has 0 radical (unpaired) electrons. The van der Waals surface area contributed by atoms with Crippen molar-refractivity contribution in [3.8, 4) is 16.9 Å². The van der Waals surface area contributed by atoms with Gasteiger partial charge < -0.3 is 15.0 Å². The van der Waals surface area contributed by atoms with E-state index in [1.54, 1.807) is 24.6 Å². The van der Waals surface area contributed by atoms with E-state index in [0.29, 0.717) is 6.67 Å². The fourth-order valence-electron chi connectivity index (χ4n) is 3.18. The summed E-state index contributed by atoms with van der Waals surface area (Å²) < 4.78 is 6.42. The van der Waals surface area contributed by atoms with E-state index in [0.717, 1.165) is 56.7 Å². The van der Waals surface area contributed by atoms with Gasteiger partial charge in [0.15, 0.2) is 5.13 Å². The minimum absolute atomic E-state index is 0.0447. The number of fused-ring (bicyclic) bond motifs is 1. The van der Waals surface area contributed by atoms with Crippen molar-refractivity contribution in [3.05, 3.63) is 54.4 Å². The molecule has 3 heterocycles. The van der Waals surface area contributed by atoms with Crippen LogP contribution in [-0.4, -0.2) is 40.3 Å². The van der Waals surface area contributed by atoms with Crippen LogP contribution in [0.3, 0.4) is 0 Å². The van der Waals surface area contributed by atoms with Crippen LogP contribution in [-0.2, 0) is 11.8 Å². The number of pyridine rings is 1. The maximum Gasteiger partial charge on any atom is 0.184 e. The summed E-state index contributed by atoms with van der Waals surface area (Å²) in [7, 11) is 1.65. The molecular weight excluding hydrogens is 408 g/mol. The molecule has 4 aromatic rings. The Morgan fingerprint density at radius 2 is 1.97 bits per heavy atom. The number of methoxy groups -OCH3 is 1. The van der Waals surface area contributed by atoms with Gasteiger partial charge in [0, 0.05) is 42.0 Å². The molecule has 3 aromatic heterocycles. The summed E-state index contributed by atoms with van der Waals surface area (Å²) in [5, 5.41) is 7.68. The lowest BCUT2D eigenvalue weighted by molar-refractivity contribution is 0.413. The number of H-pyrrole nitrogens is 1. The van der Waals surface area contributed by atoms with Gasteiger partial charge in [-0.2, -0.15) is 0 Å². The minimum Gasteiger partial charge on any atom is -0.495 e. The van der Waals surface area contributed by atoms with Crippen molar-refractivity contribution in [2.24, 2.45) is 0 Å². The lowest BCUT2D eigenvalue weighted by Crippen LogP contribution is -2.24. The number of imidazole rings is 1. The van der Waals surface area contributed by atoms with Gasteiger partial charge in [0.25, 0.3) is 0 Å². The number of hydrogen-bond acceptors (Lipinski definition) is 7. The fourth-order valence-corrected chi connectivity index (χ4v) is 4.09. The van der Waals surface area contributed by atoms with Crippen molar-refractivity contribution in [2.45, 2.75) is 32.6 Å². The molecule has 0 aliphatic carbocycles. The van der Waals surface area contributed by atoms with E-state index in [-0.39, 0.29) is 5.41 Å². The second kappa shape index (κ2) is 9.03. The Labute approximate surface area is 186 Å². The molecular formula is C23H28N6OS. The Bertz CT molecular complexity index is 1160. The molecule has 8 heteroatoms. The minimum atomic E-state index is 0.0447. The average Bonchev–Trinajstić information content (AvgIpc) is 3.39. The molecule has 31 heavy (non-hydrogen) atoms. The third-order valence-electron chi connectivity index (χ3n) is 4.95. The molecule has 0 aliphatic rings. The molecule has 0 bridgehead atoms. The Kier molecular flexibility index (Phi) is 6.20. The third kappa shape index (κ3) is 5.21. The first-order valence-electron chi connectivity index (χ1n) is 10.3. The maximum atomic E-state index is 5.28. The predicted molar refractivity (Wildman–Crippen MR) is 127 cm³/mol. The fraction of sp³-hybridized carbons (Fsp3) is 0.348. The quantitative estimate of drug-likeness (QED) is 0.277. The molecule has 3 N–H and O–H groups in total. The van der Waals surface area contributed by atoms with E-state index in [1.807, 2.05) is 24.5 Å². The molecule has 0 saturated heterocycles. The number of thiazole rings is 1. The Hall–Kier alpha value is -2.97. The topological polar surface area (TPSA) is 87.8 Å². The molecule has 0 atom stereocenters. The molecule has 1 aromatic carbocycles. The summed E-state index contributed by atoms with van der Waals surface area (Å²) in [6.45, 7) is 7.99. The second-order valence-electron chi connectivity index (χ2n) is 8.43. The Morgan fingerprint density at radius 3 is 2.74 bits per heavy atom. The third-order valence-corrected chi connectivity index (χ3v) is 5.92. The van der Waals surface area contributed by atoms with Crippen molar-refractivity contribution in [1.29, 1.82) is 0 Å². The van der Waals surface area contributed by atoms with Crippen LogP contribution in [0.5, 0.6) is 5.75 Å². The van der Waals surface area contributed by atoms with Crippen LogP contribution in [0.1, 0.15) is 32.3 Å². The Morgan fingerprint density at radius 1 is 1.10 bits per heavy atom. The highest BCUT2D eigenvalue weighted by molar-refractivity contribution is 7.22. The van der Waals surface area contributed by atoms with Gasteiger partial charge in [0.2, 0.25) is 0 Å². The van der Waals surface area contributed by atoms with Crippen LogP contribution in [0.25, 0.3) is 21.3 Å². The molecule has 4 rings (SSSR count). The van der Waals surface area contributed by atoms with E-state index in [1.165, 1.54) is 0 Å². The molecule has 7 nitrogen and oxygen atoms in total. The number of aromatic amines is 1. The van der Waals surface area contributed by atoms with Gasteiger partial charge >= 0.3 is 0 Å². The highest BCUT2D eigenvalue weighted by Gasteiger charge is 2.17. The summed E-state index contributed by atoms with van der Waals surface area (Å²) in [5.41, 5.74) is 4.31. The van der Waals surface area contributed by atoms with Crippen molar-refractivity contribution >= 4 is 26.7 Å². The number of aromatic nitrogens is 4. The molecule has 162 valence electrons. The summed E-state index contributed by atoms with van der Waals surface area (Å²) in [6.07, 6.45) is 6.39. The number of nitrogens with zero attached hydrogens (tertiary/aromatic N) is 3. The van der Waals surface area contributed by atoms with Crippen LogP contribution < -0.4 is 15.4 Å². The molecule has 0 unspecified atom stereocenters. The van der Waals surface area contributed by atoms with Gasteiger partial charge in [-0.15, -0.1) is 0 Å². The Balaban J connectivity index is 1.31. The zero-order valence-electron chi connectivity index (χ0n) is 18.3. The van der Waals surface area contributed by atoms with Gasteiger partial charge in [0.05, 0.1) is 30.2 Å². The van der Waals surface area contributed by atoms with E-state index >= 15 is 0 Å². The van der Waals surface area contributed by atoms with Crippen molar-refractivity contribution < 1.29 is 4.74 Å². The summed E-state index contributed by atoms with van der Waals surface area (Å²) in [6, 6.07) is 8.25. The van der Waals surface area contributed by atoms with Crippen molar-refractivity contribution in [2.75, 3.05) is 25.6 Å². The second-order valence-corrected chi connectivity index (χ2v) is 9.46. The first-order chi connectivity index (χ1) is 14.9. The number of rotatable bonds is 8. The number of ether oxygens (including phenoxy) is 1. The van der Waals surface area contributed by atoms with Crippen LogP contribution in [0, 0.1) is 0 Å². The average molecular weight is 437 g/mol. The molecule has 0 aliphatic heterocycles. The van der Waals surface area contributed by atoms with Gasteiger partial charge in [-0.05, 0) is 23.8 Å². The summed E-state index contributed by atoms with van der Waals surface area (Å²) in [5.74, 6) is 1.78. The van der Waals surface area contributed by atoms with E-state index < -0.39 is 0 Å². The van der Waals surface area contributed by atoms with Gasteiger partial charge in [0.1, 0.15) is 11.6 Å². The van der Waals surface area contributed by atoms with Crippen LogP contribution >= 0.6 is 11.3 Å². The lowest BCUT2D eigenvalue weighted by Gasteiger charge is -2.14. The summed E-state index contributed by atoms with van der Waals surface area (Å²) in [4.78, 5) is 16.8.